The maximum Gasteiger partial charge on any atom is 0.408 e. The van der Waals surface area contributed by atoms with E-state index >= 15 is 0 Å². The van der Waals surface area contributed by atoms with E-state index in [4.69, 9.17) is 4.74 Å². The Bertz CT molecular complexity index is 594. The Morgan fingerprint density at radius 1 is 1.32 bits per heavy atom. The van der Waals surface area contributed by atoms with Crippen LogP contribution in [0.5, 0.6) is 0 Å². The minimum atomic E-state index is -0.677. The number of ether oxygens (including phenoxy) is 1. The van der Waals surface area contributed by atoms with Crippen LogP contribution in [0.1, 0.15) is 34.8 Å². The van der Waals surface area contributed by atoms with Gasteiger partial charge in [0.1, 0.15) is 11.0 Å². The van der Waals surface area contributed by atoms with Crippen LogP contribution in [0, 0.1) is 0 Å². The molecular weight excluding hydrogens is 332 g/mol. The number of hydrogen-bond acceptors (Lipinski definition) is 5. The number of nitrogens with zero attached hydrogens (tertiary/aromatic N) is 1. The maximum atomic E-state index is 12.5. The molecule has 2 atom stereocenters. The fraction of sp³-hybridized carbons (Fsp3) is 0.500. The molecule has 1 aliphatic carbocycles. The molecule has 1 N–H and O–H groups in total. The molecule has 1 aromatic heterocycles. The quantitative estimate of drug-likeness (QED) is 0.851. The minimum absolute atomic E-state index is 0.0674. The Balaban J connectivity index is 1.83. The van der Waals surface area contributed by atoms with Gasteiger partial charge in [-0.2, -0.15) is 0 Å². The molecule has 2 aliphatic heterocycles. The van der Waals surface area contributed by atoms with E-state index < -0.39 is 12.2 Å². The molecule has 0 aromatic carbocycles. The van der Waals surface area contributed by atoms with E-state index in [1.165, 1.54) is 12.8 Å². The molecule has 0 saturated carbocycles. The number of alkyl carbamates (subject to hydrolysis) is 1. The number of nitrogens with one attached hydrogen (secondary N) is 1. The van der Waals surface area contributed by atoms with E-state index in [1.807, 2.05) is 0 Å². The predicted octanol–water partition coefficient (Wildman–Crippen LogP) is 2.46. The van der Waals surface area contributed by atoms with Crippen LogP contribution in [0.25, 0.3) is 0 Å². The third-order valence-corrected chi connectivity index (χ3v) is 5.87. The van der Waals surface area contributed by atoms with Crippen molar-refractivity contribution < 1.29 is 14.3 Å². The summed E-state index contributed by atoms with van der Waals surface area (Å²) in [4.78, 5) is 26.0. The molecule has 0 bridgehead atoms. The van der Waals surface area contributed by atoms with Gasteiger partial charge in [-0.3, -0.25) is 4.79 Å². The number of fused-ring (bicyclic) bond motifs is 3. The number of halogens is 1. The fourth-order valence-corrected chi connectivity index (χ4v) is 5.09. The summed E-state index contributed by atoms with van der Waals surface area (Å²) in [6, 6.07) is -0.322. The Labute approximate surface area is 122 Å². The lowest BCUT2D eigenvalue weighted by Crippen LogP contribution is -2.22. The first kappa shape index (κ1) is 11.7. The highest BCUT2D eigenvalue weighted by molar-refractivity contribution is 9.11. The molecule has 2 saturated heterocycles. The zero-order valence-electron chi connectivity index (χ0n) is 9.94. The molecule has 4 rings (SSSR count). The van der Waals surface area contributed by atoms with E-state index in [0.29, 0.717) is 0 Å². The van der Waals surface area contributed by atoms with Crippen molar-refractivity contribution in [3.8, 4) is 0 Å². The Kier molecular flexibility index (Phi) is 2.44. The summed E-state index contributed by atoms with van der Waals surface area (Å²) < 4.78 is 6.00. The number of Topliss-reactive ketones (excluding diaryl/α,β-unsaturated/α-hetero) is 1. The van der Waals surface area contributed by atoms with E-state index in [0.717, 1.165) is 33.0 Å². The van der Waals surface area contributed by atoms with Gasteiger partial charge in [0, 0.05) is 18.7 Å². The zero-order chi connectivity index (χ0) is 13.1. The lowest BCUT2D eigenvalue weighted by Gasteiger charge is -2.16. The second-order valence-corrected chi connectivity index (χ2v) is 7.29. The first-order chi connectivity index (χ1) is 9.16. The molecule has 0 unspecified atom stereocenters. The molecule has 7 heteroatoms. The number of carbonyl (C=O) groups excluding carboxylic acids is 2. The van der Waals surface area contributed by atoms with Crippen LogP contribution in [-0.4, -0.2) is 31.1 Å². The SMILES string of the molecule is O=C1N[C@@H]2c3c(Br)sc(N4CCCC4)c3C(=O)[C@@H]2O1. The number of thiophene rings is 1. The van der Waals surface area contributed by atoms with Gasteiger partial charge in [0.25, 0.3) is 0 Å². The highest BCUT2D eigenvalue weighted by Crippen LogP contribution is 2.50. The van der Waals surface area contributed by atoms with Gasteiger partial charge in [0.2, 0.25) is 5.78 Å². The molecule has 2 fully saturated rings. The monoisotopic (exact) mass is 342 g/mol. The van der Waals surface area contributed by atoms with E-state index in [9.17, 15) is 9.59 Å². The normalized spacial score (nSPS) is 28.4. The van der Waals surface area contributed by atoms with Crippen LogP contribution in [0.3, 0.4) is 0 Å². The van der Waals surface area contributed by atoms with Crippen molar-refractivity contribution >= 4 is 44.1 Å². The molecular formula is C12H11BrN2O3S. The Morgan fingerprint density at radius 3 is 2.79 bits per heavy atom. The summed E-state index contributed by atoms with van der Waals surface area (Å²) in [5, 5.41) is 3.75. The van der Waals surface area contributed by atoms with Crippen LogP contribution >= 0.6 is 27.3 Å². The van der Waals surface area contributed by atoms with Crippen molar-refractivity contribution in [3.05, 3.63) is 14.9 Å². The summed E-state index contributed by atoms with van der Waals surface area (Å²) in [5.74, 6) is -0.0674. The lowest BCUT2D eigenvalue weighted by atomic mass is 10.2. The number of anilines is 1. The summed E-state index contributed by atoms with van der Waals surface area (Å²) in [6.45, 7) is 1.99. The molecule has 19 heavy (non-hydrogen) atoms. The van der Waals surface area contributed by atoms with Crippen LogP contribution < -0.4 is 10.2 Å². The Hall–Kier alpha value is -1.08. The molecule has 0 radical (unpaired) electrons. The third-order valence-electron chi connectivity index (χ3n) is 3.90. The van der Waals surface area contributed by atoms with E-state index in [-0.39, 0.29) is 11.8 Å². The second-order valence-electron chi connectivity index (χ2n) is 4.98. The number of hydrogen-bond donors (Lipinski definition) is 1. The van der Waals surface area contributed by atoms with Crippen LogP contribution in [0.2, 0.25) is 0 Å². The number of carbonyl (C=O) groups is 2. The summed E-state index contributed by atoms with van der Waals surface area (Å²) in [6.07, 6.45) is 1.15. The van der Waals surface area contributed by atoms with Gasteiger partial charge in [-0.1, -0.05) is 0 Å². The first-order valence-electron chi connectivity index (χ1n) is 6.25. The third kappa shape index (κ3) is 1.51. The first-order valence-corrected chi connectivity index (χ1v) is 7.86. The fourth-order valence-electron chi connectivity index (χ4n) is 3.05. The molecule has 3 heterocycles. The number of ketones is 1. The second kappa shape index (κ2) is 3.96. The number of amides is 1. The van der Waals surface area contributed by atoms with Crippen molar-refractivity contribution in [1.29, 1.82) is 0 Å². The van der Waals surface area contributed by atoms with Gasteiger partial charge in [0.15, 0.2) is 6.10 Å². The Morgan fingerprint density at radius 2 is 2.05 bits per heavy atom. The standard InChI is InChI=1S/C12H11BrN2O3S/c13-10-5-6(11(19-10)15-3-1-2-4-15)8(16)9-7(5)14-12(17)18-9/h7,9H,1-4H2,(H,14,17)/t7-,9-/m1/s1. The molecule has 1 amide bonds. The predicted molar refractivity (Wildman–Crippen MR) is 73.9 cm³/mol. The van der Waals surface area contributed by atoms with Crippen LogP contribution in [0.15, 0.2) is 3.79 Å². The summed E-state index contributed by atoms with van der Waals surface area (Å²) in [5.41, 5.74) is 1.64. The zero-order valence-corrected chi connectivity index (χ0v) is 12.3. The van der Waals surface area contributed by atoms with Gasteiger partial charge in [0.05, 0.1) is 9.35 Å². The van der Waals surface area contributed by atoms with Gasteiger partial charge in [-0.05, 0) is 28.8 Å². The van der Waals surface area contributed by atoms with Gasteiger partial charge >= 0.3 is 6.09 Å². The molecule has 100 valence electrons. The largest absolute Gasteiger partial charge is 0.435 e. The van der Waals surface area contributed by atoms with Crippen molar-refractivity contribution in [2.24, 2.45) is 0 Å². The smallest absolute Gasteiger partial charge is 0.408 e. The van der Waals surface area contributed by atoms with Crippen molar-refractivity contribution in [3.63, 3.8) is 0 Å². The number of rotatable bonds is 1. The van der Waals surface area contributed by atoms with Gasteiger partial charge in [-0.15, -0.1) is 11.3 Å². The average molecular weight is 343 g/mol. The highest BCUT2D eigenvalue weighted by atomic mass is 79.9. The van der Waals surface area contributed by atoms with Crippen molar-refractivity contribution in [1.82, 2.24) is 5.32 Å². The topological polar surface area (TPSA) is 58.6 Å². The van der Waals surface area contributed by atoms with E-state index in [2.05, 4.69) is 26.1 Å². The van der Waals surface area contributed by atoms with Crippen molar-refractivity contribution in [2.75, 3.05) is 18.0 Å². The molecule has 5 nitrogen and oxygen atoms in total. The van der Waals surface area contributed by atoms with Crippen LogP contribution in [0.4, 0.5) is 9.80 Å². The molecule has 0 spiro atoms. The van der Waals surface area contributed by atoms with Crippen LogP contribution in [-0.2, 0) is 4.74 Å². The molecule has 3 aliphatic rings. The minimum Gasteiger partial charge on any atom is -0.435 e. The van der Waals surface area contributed by atoms with E-state index in [1.54, 1.807) is 11.3 Å². The average Bonchev–Trinajstić information content (AvgIpc) is 3.07. The van der Waals surface area contributed by atoms with Crippen molar-refractivity contribution in [2.45, 2.75) is 25.0 Å². The van der Waals surface area contributed by atoms with Gasteiger partial charge in [-0.25, -0.2) is 4.79 Å². The molecule has 1 aromatic rings. The highest BCUT2D eigenvalue weighted by Gasteiger charge is 2.51. The summed E-state index contributed by atoms with van der Waals surface area (Å²) >= 11 is 5.11. The lowest BCUT2D eigenvalue weighted by molar-refractivity contribution is 0.0753. The summed E-state index contributed by atoms with van der Waals surface area (Å²) in [7, 11) is 0. The maximum absolute atomic E-state index is 12.5. The van der Waals surface area contributed by atoms with Gasteiger partial charge < -0.3 is 15.0 Å².